The first-order valence-corrected chi connectivity index (χ1v) is 13.2. The van der Waals surface area contributed by atoms with Gasteiger partial charge in [0.25, 0.3) is 0 Å². The van der Waals surface area contributed by atoms with E-state index in [1.54, 1.807) is 0 Å². The summed E-state index contributed by atoms with van der Waals surface area (Å²) in [6.07, 6.45) is 10.4. The molecule has 1 atom stereocenters. The average Bonchev–Trinajstić information content (AvgIpc) is 3.34. The summed E-state index contributed by atoms with van der Waals surface area (Å²) < 4.78 is 0. The highest BCUT2D eigenvalue weighted by molar-refractivity contribution is 5.74. The maximum absolute atomic E-state index is 4.95. The molecule has 0 saturated heterocycles. The van der Waals surface area contributed by atoms with Gasteiger partial charge >= 0.3 is 0 Å². The number of imidazole rings is 1. The molecule has 2 heterocycles. The molecule has 4 aromatic rings. The lowest BCUT2D eigenvalue weighted by atomic mass is 9.85. The summed E-state index contributed by atoms with van der Waals surface area (Å²) >= 11 is 0. The van der Waals surface area contributed by atoms with Gasteiger partial charge in [-0.1, -0.05) is 48.5 Å². The van der Waals surface area contributed by atoms with Crippen LogP contribution in [0.15, 0.2) is 72.9 Å². The van der Waals surface area contributed by atoms with Gasteiger partial charge < -0.3 is 10.3 Å². The van der Waals surface area contributed by atoms with Crippen molar-refractivity contribution in [1.29, 1.82) is 0 Å². The lowest BCUT2D eigenvalue weighted by Gasteiger charge is -2.42. The molecule has 2 aliphatic rings. The molecule has 5 heteroatoms. The summed E-state index contributed by atoms with van der Waals surface area (Å²) in [5.74, 6) is 1.07. The van der Waals surface area contributed by atoms with Crippen LogP contribution >= 0.6 is 0 Å². The highest BCUT2D eigenvalue weighted by Crippen LogP contribution is 2.38. The third-order valence-electron chi connectivity index (χ3n) is 7.94. The fourth-order valence-electron chi connectivity index (χ4n) is 6.12. The molecule has 5 nitrogen and oxygen atoms in total. The fourth-order valence-corrected chi connectivity index (χ4v) is 6.12. The predicted octanol–water partition coefficient (Wildman–Crippen LogP) is 5.94. The largest absolute Gasteiger partial charge is 0.341 e. The van der Waals surface area contributed by atoms with E-state index in [1.807, 2.05) is 6.20 Å². The zero-order valence-electron chi connectivity index (χ0n) is 20.4. The van der Waals surface area contributed by atoms with Crippen LogP contribution in [0, 0.1) is 0 Å². The van der Waals surface area contributed by atoms with Crippen LogP contribution in [0.3, 0.4) is 0 Å². The maximum Gasteiger partial charge on any atom is 0.121 e. The fraction of sp³-hybridized carbons (Fsp3) is 0.400. The summed E-state index contributed by atoms with van der Waals surface area (Å²) in [5.41, 5.74) is 6.26. The second-order valence-corrected chi connectivity index (χ2v) is 10.2. The standard InChI is InChI=1S/C30H35N5/c1-2-8-22(9-3-1)20-32-24-15-17-25(18-16-24)35(21-29-33-26-12-4-5-13-27(26)34-29)28-14-6-10-23-11-7-19-31-30(23)28/h1-5,7-9,11-13,19,24-25,28,32H,6,10,14-18,20-21H2,(H,33,34)/t24-,25-,28?. The molecule has 0 aliphatic heterocycles. The van der Waals surface area contributed by atoms with Crippen molar-refractivity contribution in [3.8, 4) is 0 Å². The minimum Gasteiger partial charge on any atom is -0.341 e. The van der Waals surface area contributed by atoms with E-state index in [4.69, 9.17) is 9.97 Å². The van der Waals surface area contributed by atoms with Gasteiger partial charge in [0.05, 0.1) is 29.3 Å². The zero-order valence-corrected chi connectivity index (χ0v) is 20.4. The Morgan fingerprint density at radius 1 is 0.886 bits per heavy atom. The van der Waals surface area contributed by atoms with Gasteiger partial charge in [0.1, 0.15) is 5.82 Å². The van der Waals surface area contributed by atoms with Gasteiger partial charge in [0.15, 0.2) is 0 Å². The van der Waals surface area contributed by atoms with Crippen LogP contribution in [-0.4, -0.2) is 31.9 Å². The number of nitrogens with zero attached hydrogens (tertiary/aromatic N) is 3. The van der Waals surface area contributed by atoms with Crippen molar-refractivity contribution in [2.75, 3.05) is 0 Å². The van der Waals surface area contributed by atoms with Crippen molar-refractivity contribution in [3.05, 3.63) is 95.6 Å². The molecule has 2 aliphatic carbocycles. The van der Waals surface area contributed by atoms with E-state index in [2.05, 4.69) is 81.9 Å². The van der Waals surface area contributed by atoms with Crippen molar-refractivity contribution < 1.29 is 0 Å². The van der Waals surface area contributed by atoms with Crippen molar-refractivity contribution in [2.24, 2.45) is 0 Å². The molecule has 2 N–H and O–H groups in total. The van der Waals surface area contributed by atoms with E-state index < -0.39 is 0 Å². The number of benzene rings is 2. The van der Waals surface area contributed by atoms with E-state index in [1.165, 1.54) is 55.3 Å². The SMILES string of the molecule is c1ccc(CN[C@H]2CC[C@H](N(Cc3nc4ccccc4[nH]3)C3CCCc4cccnc43)CC2)cc1. The Labute approximate surface area is 208 Å². The molecule has 2 aromatic heterocycles. The molecule has 1 saturated carbocycles. The van der Waals surface area contributed by atoms with Crippen LogP contribution in [0.25, 0.3) is 11.0 Å². The highest BCUT2D eigenvalue weighted by atomic mass is 15.2. The third kappa shape index (κ3) is 5.02. The van der Waals surface area contributed by atoms with E-state index in [9.17, 15) is 0 Å². The van der Waals surface area contributed by atoms with E-state index in [-0.39, 0.29) is 0 Å². The molecule has 0 radical (unpaired) electrons. The molecular weight excluding hydrogens is 430 g/mol. The van der Waals surface area contributed by atoms with Crippen molar-refractivity contribution in [1.82, 2.24) is 25.2 Å². The summed E-state index contributed by atoms with van der Waals surface area (Å²) in [6, 6.07) is 25.0. The van der Waals surface area contributed by atoms with Gasteiger partial charge in [-0.2, -0.15) is 0 Å². The molecular formula is C30H35N5. The molecule has 1 fully saturated rings. The van der Waals surface area contributed by atoms with Crippen LogP contribution in [-0.2, 0) is 19.5 Å². The third-order valence-corrected chi connectivity index (χ3v) is 7.94. The molecule has 1 unspecified atom stereocenters. The Hall–Kier alpha value is -3.02. The van der Waals surface area contributed by atoms with E-state index in [0.29, 0.717) is 18.1 Å². The molecule has 0 amide bonds. The number of aromatic amines is 1. The summed E-state index contributed by atoms with van der Waals surface area (Å²) in [5, 5.41) is 3.81. The Morgan fingerprint density at radius 2 is 1.71 bits per heavy atom. The lowest BCUT2D eigenvalue weighted by molar-refractivity contribution is 0.0728. The number of hydrogen-bond acceptors (Lipinski definition) is 4. The second kappa shape index (κ2) is 10.3. The van der Waals surface area contributed by atoms with Crippen LogP contribution in [0.1, 0.15) is 67.2 Å². The topological polar surface area (TPSA) is 56.8 Å². The first kappa shape index (κ1) is 22.4. The highest BCUT2D eigenvalue weighted by Gasteiger charge is 2.34. The van der Waals surface area contributed by atoms with Gasteiger partial charge in [-0.25, -0.2) is 4.98 Å². The van der Waals surface area contributed by atoms with Gasteiger partial charge in [-0.3, -0.25) is 9.88 Å². The van der Waals surface area contributed by atoms with Gasteiger partial charge in [-0.05, 0) is 74.3 Å². The first-order chi connectivity index (χ1) is 17.3. The number of H-pyrrole nitrogens is 1. The van der Waals surface area contributed by atoms with Gasteiger partial charge in [0, 0.05) is 24.8 Å². The number of aryl methyl sites for hydroxylation is 1. The quantitative estimate of drug-likeness (QED) is 0.355. The van der Waals surface area contributed by atoms with Crippen molar-refractivity contribution >= 4 is 11.0 Å². The molecule has 35 heavy (non-hydrogen) atoms. The molecule has 0 spiro atoms. The maximum atomic E-state index is 4.95. The Kier molecular flexibility index (Phi) is 6.61. The smallest absolute Gasteiger partial charge is 0.121 e. The number of hydrogen-bond donors (Lipinski definition) is 2. The van der Waals surface area contributed by atoms with E-state index >= 15 is 0 Å². The Balaban J connectivity index is 1.20. The number of pyridine rings is 1. The van der Waals surface area contributed by atoms with Crippen molar-refractivity contribution in [3.63, 3.8) is 0 Å². The molecule has 6 rings (SSSR count). The predicted molar refractivity (Wildman–Crippen MR) is 141 cm³/mol. The minimum absolute atomic E-state index is 0.368. The monoisotopic (exact) mass is 465 g/mol. The lowest BCUT2D eigenvalue weighted by Crippen LogP contribution is -2.44. The summed E-state index contributed by atoms with van der Waals surface area (Å²) in [6.45, 7) is 1.81. The number of fused-ring (bicyclic) bond motifs is 2. The Morgan fingerprint density at radius 3 is 2.57 bits per heavy atom. The number of nitrogens with one attached hydrogen (secondary N) is 2. The second-order valence-electron chi connectivity index (χ2n) is 10.2. The van der Waals surface area contributed by atoms with Crippen molar-refractivity contribution in [2.45, 2.75) is 76.2 Å². The summed E-state index contributed by atoms with van der Waals surface area (Å²) in [4.78, 5) is 16.2. The summed E-state index contributed by atoms with van der Waals surface area (Å²) in [7, 11) is 0. The molecule has 0 bridgehead atoms. The average molecular weight is 466 g/mol. The van der Waals surface area contributed by atoms with Crippen LogP contribution in [0.5, 0.6) is 0 Å². The van der Waals surface area contributed by atoms with E-state index in [0.717, 1.165) is 36.4 Å². The normalized spacial score (nSPS) is 22.4. The van der Waals surface area contributed by atoms with Gasteiger partial charge in [-0.15, -0.1) is 0 Å². The van der Waals surface area contributed by atoms with Crippen LogP contribution in [0.4, 0.5) is 0 Å². The van der Waals surface area contributed by atoms with Gasteiger partial charge in [0.2, 0.25) is 0 Å². The van der Waals surface area contributed by atoms with Crippen LogP contribution < -0.4 is 5.32 Å². The number of para-hydroxylation sites is 2. The van der Waals surface area contributed by atoms with Crippen LogP contribution in [0.2, 0.25) is 0 Å². The number of rotatable bonds is 7. The molecule has 2 aromatic carbocycles. The first-order valence-electron chi connectivity index (χ1n) is 13.2. The zero-order chi connectivity index (χ0) is 23.5. The minimum atomic E-state index is 0.368. The Bertz CT molecular complexity index is 1210. The number of aromatic nitrogens is 3. The molecule has 180 valence electrons.